The van der Waals surface area contributed by atoms with Gasteiger partial charge in [0.05, 0.1) is 12.1 Å². The summed E-state index contributed by atoms with van der Waals surface area (Å²) in [5.74, 6) is 0.613. The molecular formula is C12H12Cl2N2O. The van der Waals surface area contributed by atoms with Crippen molar-refractivity contribution < 1.29 is 4.79 Å². The fourth-order valence-corrected chi connectivity index (χ4v) is 2.19. The van der Waals surface area contributed by atoms with Crippen LogP contribution in [0, 0.1) is 0 Å². The highest BCUT2D eigenvalue weighted by Crippen LogP contribution is 2.24. The Morgan fingerprint density at radius 3 is 2.41 bits per heavy atom. The molecule has 0 aliphatic carbocycles. The first-order chi connectivity index (χ1) is 8.00. The molecule has 0 fully saturated rings. The zero-order valence-corrected chi connectivity index (χ0v) is 11.0. The molecule has 90 valence electrons. The number of hydrogen-bond donors (Lipinski definition) is 0. The molecule has 1 heterocycles. The zero-order valence-electron chi connectivity index (χ0n) is 9.52. The minimum Gasteiger partial charge on any atom is -0.278 e. The Bertz CT molecular complexity index is 470. The molecule has 5 heteroatoms. The Morgan fingerprint density at radius 1 is 1.29 bits per heavy atom. The monoisotopic (exact) mass is 270 g/mol. The van der Waals surface area contributed by atoms with E-state index in [0.717, 1.165) is 5.56 Å². The van der Waals surface area contributed by atoms with E-state index in [0.29, 0.717) is 10.9 Å². The van der Waals surface area contributed by atoms with E-state index in [1.54, 1.807) is 12.1 Å². The number of aliphatic imine (C=N–C) groups is 1. The van der Waals surface area contributed by atoms with E-state index in [9.17, 15) is 4.79 Å². The third-order valence-electron chi connectivity index (χ3n) is 2.95. The second-order valence-electron chi connectivity index (χ2n) is 4.06. The summed E-state index contributed by atoms with van der Waals surface area (Å²) in [5, 5.41) is 0.146. The van der Waals surface area contributed by atoms with E-state index in [4.69, 9.17) is 23.2 Å². The first-order valence-corrected chi connectivity index (χ1v) is 6.08. The maximum Gasteiger partial charge on any atom is 0.322 e. The summed E-state index contributed by atoms with van der Waals surface area (Å²) in [7, 11) is 0. The average Bonchev–Trinajstić information content (AvgIpc) is 2.56. The van der Waals surface area contributed by atoms with Crippen LogP contribution in [0.5, 0.6) is 0 Å². The van der Waals surface area contributed by atoms with E-state index >= 15 is 0 Å². The van der Waals surface area contributed by atoms with Crippen LogP contribution >= 0.6 is 23.2 Å². The molecule has 2 rings (SSSR count). The van der Waals surface area contributed by atoms with Crippen molar-refractivity contribution in [2.45, 2.75) is 25.9 Å². The van der Waals surface area contributed by atoms with Crippen LogP contribution in [0.1, 0.15) is 19.4 Å². The number of rotatable bonds is 1. The lowest BCUT2D eigenvalue weighted by molar-refractivity contribution is 0.234. The summed E-state index contributed by atoms with van der Waals surface area (Å²) >= 11 is 11.4. The largest absolute Gasteiger partial charge is 0.322 e. The van der Waals surface area contributed by atoms with E-state index in [1.165, 1.54) is 4.90 Å². The zero-order chi connectivity index (χ0) is 12.6. The van der Waals surface area contributed by atoms with Crippen molar-refractivity contribution in [2.24, 2.45) is 4.99 Å². The Balaban J connectivity index is 2.40. The molecule has 1 aliphatic rings. The van der Waals surface area contributed by atoms with Crippen molar-refractivity contribution in [3.63, 3.8) is 0 Å². The van der Waals surface area contributed by atoms with Crippen molar-refractivity contribution in [2.75, 3.05) is 0 Å². The first kappa shape index (κ1) is 12.4. The molecule has 3 nitrogen and oxygen atoms in total. The Hall–Kier alpha value is -1.06. The van der Waals surface area contributed by atoms with Gasteiger partial charge in [0.15, 0.2) is 0 Å². The highest BCUT2D eigenvalue weighted by molar-refractivity contribution is 6.64. The van der Waals surface area contributed by atoms with Gasteiger partial charge in [-0.15, -0.1) is 0 Å². The molecule has 17 heavy (non-hydrogen) atoms. The highest BCUT2D eigenvalue weighted by Gasteiger charge is 2.34. The van der Waals surface area contributed by atoms with E-state index in [1.807, 2.05) is 26.0 Å². The number of nitrogens with zero attached hydrogens (tertiary/aromatic N) is 2. The van der Waals surface area contributed by atoms with Crippen molar-refractivity contribution >= 4 is 34.4 Å². The molecule has 0 N–H and O–H groups in total. The van der Waals surface area contributed by atoms with Crippen LogP contribution in [0.15, 0.2) is 29.3 Å². The lowest BCUT2D eigenvalue weighted by Crippen LogP contribution is -2.39. The number of carbonyl (C=O) groups excluding carboxylic acids is 1. The van der Waals surface area contributed by atoms with Crippen LogP contribution in [0.4, 0.5) is 4.79 Å². The van der Waals surface area contributed by atoms with E-state index in [-0.39, 0.29) is 12.1 Å². The summed E-state index contributed by atoms with van der Waals surface area (Å²) in [6, 6.07) is 7.22. The lowest BCUT2D eigenvalue weighted by Gasteiger charge is -2.21. The molecule has 1 aromatic rings. The number of halogens is 2. The second-order valence-corrected chi connectivity index (χ2v) is 4.82. The predicted octanol–water partition coefficient (Wildman–Crippen LogP) is 3.54. The van der Waals surface area contributed by atoms with Crippen LogP contribution < -0.4 is 0 Å². The number of amides is 1. The summed E-state index contributed by atoms with van der Waals surface area (Å²) in [4.78, 5) is 17.4. The molecule has 0 saturated carbocycles. The van der Waals surface area contributed by atoms with Crippen LogP contribution in [0.3, 0.4) is 0 Å². The number of hydrogen-bond acceptors (Lipinski definition) is 2. The van der Waals surface area contributed by atoms with Crippen molar-refractivity contribution in [1.29, 1.82) is 0 Å². The van der Waals surface area contributed by atoms with E-state index < -0.39 is 5.37 Å². The predicted molar refractivity (Wildman–Crippen MR) is 70.0 cm³/mol. The van der Waals surface area contributed by atoms with Gasteiger partial charge in [-0.2, -0.15) is 0 Å². The molecule has 0 saturated heterocycles. The molecule has 0 radical (unpaired) electrons. The van der Waals surface area contributed by atoms with Crippen molar-refractivity contribution in [3.05, 3.63) is 34.9 Å². The molecule has 2 atom stereocenters. The van der Waals surface area contributed by atoms with Gasteiger partial charge in [0.2, 0.25) is 0 Å². The van der Waals surface area contributed by atoms with Crippen LogP contribution in [0.25, 0.3) is 0 Å². The van der Waals surface area contributed by atoms with Crippen LogP contribution in [0.2, 0.25) is 5.02 Å². The van der Waals surface area contributed by atoms with Crippen LogP contribution in [-0.2, 0) is 0 Å². The number of amidine groups is 1. The number of benzene rings is 1. The Kier molecular flexibility index (Phi) is 3.40. The number of carbonyl (C=O) groups is 1. The highest BCUT2D eigenvalue weighted by atomic mass is 35.5. The Labute approximate surface area is 110 Å². The fourth-order valence-electron chi connectivity index (χ4n) is 1.83. The Morgan fingerprint density at radius 2 is 1.88 bits per heavy atom. The van der Waals surface area contributed by atoms with E-state index in [2.05, 4.69) is 4.99 Å². The molecule has 1 aliphatic heterocycles. The summed E-state index contributed by atoms with van der Waals surface area (Å²) in [6.07, 6.45) is 0. The molecule has 0 bridgehead atoms. The second kappa shape index (κ2) is 4.67. The van der Waals surface area contributed by atoms with Gasteiger partial charge in [-0.05, 0) is 49.7 Å². The van der Waals surface area contributed by atoms with Gasteiger partial charge in [-0.1, -0.05) is 11.6 Å². The summed E-state index contributed by atoms with van der Waals surface area (Å²) in [5.41, 5.74) is 0.847. The van der Waals surface area contributed by atoms with Crippen LogP contribution in [-0.4, -0.2) is 28.2 Å². The third-order valence-corrected chi connectivity index (χ3v) is 3.39. The lowest BCUT2D eigenvalue weighted by atomic mass is 10.1. The van der Waals surface area contributed by atoms with Gasteiger partial charge in [0.25, 0.3) is 0 Å². The summed E-state index contributed by atoms with van der Waals surface area (Å²) < 4.78 is 0. The quantitative estimate of drug-likeness (QED) is 0.568. The topological polar surface area (TPSA) is 32.7 Å². The molecule has 0 spiro atoms. The van der Waals surface area contributed by atoms with Crippen molar-refractivity contribution in [1.82, 2.24) is 4.90 Å². The minimum absolute atomic E-state index is 0.0225. The normalized spacial score (nSPS) is 23.8. The molecule has 2 unspecified atom stereocenters. The maximum atomic E-state index is 11.4. The molecular weight excluding hydrogens is 259 g/mol. The van der Waals surface area contributed by atoms with Gasteiger partial charge in [-0.3, -0.25) is 14.7 Å². The standard InChI is InChI=1S/C12H12Cl2N2O/c1-7-8(2)16(12(14)17)11(15-7)9-3-5-10(13)6-4-9/h3-8H,1-2H3. The van der Waals surface area contributed by atoms with Gasteiger partial charge in [-0.25, -0.2) is 0 Å². The molecule has 0 aromatic heterocycles. The fraction of sp³-hybridized carbons (Fsp3) is 0.333. The van der Waals surface area contributed by atoms with Gasteiger partial charge in [0, 0.05) is 10.6 Å². The third kappa shape index (κ3) is 2.31. The maximum absolute atomic E-state index is 11.4. The molecule has 1 amide bonds. The average molecular weight is 271 g/mol. The van der Waals surface area contributed by atoms with Gasteiger partial charge in [0.1, 0.15) is 5.84 Å². The first-order valence-electron chi connectivity index (χ1n) is 5.33. The summed E-state index contributed by atoms with van der Waals surface area (Å²) in [6.45, 7) is 3.89. The van der Waals surface area contributed by atoms with Gasteiger partial charge >= 0.3 is 5.37 Å². The molecule has 1 aromatic carbocycles. The van der Waals surface area contributed by atoms with Crippen molar-refractivity contribution in [3.8, 4) is 0 Å². The smallest absolute Gasteiger partial charge is 0.278 e. The minimum atomic E-state index is -0.504. The van der Waals surface area contributed by atoms with Gasteiger partial charge < -0.3 is 0 Å². The SMILES string of the molecule is CC1N=C(c2ccc(Cl)cc2)N(C(=O)Cl)C1C.